The third kappa shape index (κ3) is 3.65. The van der Waals surface area contributed by atoms with E-state index in [1.165, 1.54) is 18.2 Å². The molecule has 1 saturated heterocycles. The third-order valence-corrected chi connectivity index (χ3v) is 4.01. The fourth-order valence-electron chi connectivity index (χ4n) is 2.77. The fraction of sp³-hybridized carbons (Fsp3) is 0.533. The Bertz CT molecular complexity index is 475. The van der Waals surface area contributed by atoms with E-state index in [1.54, 1.807) is 4.90 Å². The van der Waals surface area contributed by atoms with Crippen LogP contribution in [0.15, 0.2) is 18.2 Å². The Morgan fingerprint density at radius 1 is 1.19 bits per heavy atom. The van der Waals surface area contributed by atoms with Gasteiger partial charge in [-0.2, -0.15) is 0 Å². The van der Waals surface area contributed by atoms with Gasteiger partial charge >= 0.3 is 0 Å². The second-order valence-electron chi connectivity index (χ2n) is 5.36. The van der Waals surface area contributed by atoms with Gasteiger partial charge in [-0.25, -0.2) is 0 Å². The number of piperazine rings is 1. The van der Waals surface area contributed by atoms with Crippen molar-refractivity contribution in [3.63, 3.8) is 0 Å². The van der Waals surface area contributed by atoms with Crippen molar-refractivity contribution in [3.8, 4) is 11.5 Å². The summed E-state index contributed by atoms with van der Waals surface area (Å²) in [6, 6.07) is 4.33. The molecule has 2 rings (SSSR count). The molecule has 0 saturated carbocycles. The molecule has 0 aliphatic carbocycles. The molecule has 1 aromatic carbocycles. The average Bonchev–Trinajstić information content (AvgIpc) is 2.47. The lowest BCUT2D eigenvalue weighted by molar-refractivity contribution is 0.0571. The molecular weight excluding hydrogens is 270 g/mol. The maximum atomic E-state index is 12.4. The van der Waals surface area contributed by atoms with E-state index in [0.29, 0.717) is 31.2 Å². The second kappa shape index (κ2) is 6.78. The monoisotopic (exact) mass is 293 g/mol. The number of phenolic OH excluding ortho intramolecular Hbond substituents is 2. The van der Waals surface area contributed by atoms with Crippen LogP contribution in [0.25, 0.3) is 0 Å². The minimum absolute atomic E-state index is 0.105. The number of aromatic hydroxyl groups is 2. The van der Waals surface area contributed by atoms with Gasteiger partial charge < -0.3 is 20.8 Å². The molecule has 6 nitrogen and oxygen atoms in total. The van der Waals surface area contributed by atoms with Crippen LogP contribution in [0.5, 0.6) is 11.5 Å². The van der Waals surface area contributed by atoms with Gasteiger partial charge in [-0.3, -0.25) is 9.69 Å². The Kier molecular flexibility index (Phi) is 5.03. The minimum Gasteiger partial charge on any atom is -0.508 e. The molecule has 21 heavy (non-hydrogen) atoms. The minimum atomic E-state index is -0.165. The Labute approximate surface area is 124 Å². The van der Waals surface area contributed by atoms with Gasteiger partial charge in [0.05, 0.1) is 0 Å². The predicted molar refractivity (Wildman–Crippen MR) is 80.4 cm³/mol. The molecule has 0 spiro atoms. The molecule has 1 aromatic rings. The maximum absolute atomic E-state index is 12.4. The molecule has 6 heteroatoms. The summed E-state index contributed by atoms with van der Waals surface area (Å²) >= 11 is 0. The highest BCUT2D eigenvalue weighted by molar-refractivity contribution is 5.95. The number of hydrogen-bond donors (Lipinski definition) is 3. The van der Waals surface area contributed by atoms with Crippen molar-refractivity contribution in [3.05, 3.63) is 23.8 Å². The molecule has 1 aliphatic rings. The summed E-state index contributed by atoms with van der Waals surface area (Å²) in [6.07, 6.45) is 1.00. The van der Waals surface area contributed by atoms with Crippen molar-refractivity contribution in [2.75, 3.05) is 32.7 Å². The zero-order valence-corrected chi connectivity index (χ0v) is 12.3. The molecule has 1 aliphatic heterocycles. The lowest BCUT2D eigenvalue weighted by Gasteiger charge is -2.38. The fourth-order valence-corrected chi connectivity index (χ4v) is 2.77. The van der Waals surface area contributed by atoms with Crippen molar-refractivity contribution < 1.29 is 15.0 Å². The largest absolute Gasteiger partial charge is 0.508 e. The maximum Gasteiger partial charge on any atom is 0.254 e. The van der Waals surface area contributed by atoms with Gasteiger partial charge in [0.15, 0.2) is 0 Å². The normalized spacial score (nSPS) is 17.7. The van der Waals surface area contributed by atoms with E-state index in [9.17, 15) is 15.0 Å². The molecule has 1 heterocycles. The highest BCUT2D eigenvalue weighted by atomic mass is 16.3. The van der Waals surface area contributed by atoms with Crippen LogP contribution < -0.4 is 5.73 Å². The first-order chi connectivity index (χ1) is 10.0. The smallest absolute Gasteiger partial charge is 0.254 e. The van der Waals surface area contributed by atoms with Gasteiger partial charge in [0.2, 0.25) is 0 Å². The molecule has 1 unspecified atom stereocenters. The quantitative estimate of drug-likeness (QED) is 0.756. The van der Waals surface area contributed by atoms with Gasteiger partial charge in [0.1, 0.15) is 11.5 Å². The van der Waals surface area contributed by atoms with E-state index >= 15 is 0 Å². The summed E-state index contributed by atoms with van der Waals surface area (Å²) < 4.78 is 0. The van der Waals surface area contributed by atoms with Crippen molar-refractivity contribution in [1.82, 2.24) is 9.80 Å². The van der Waals surface area contributed by atoms with Crippen LogP contribution in [0.4, 0.5) is 0 Å². The van der Waals surface area contributed by atoms with Crippen LogP contribution >= 0.6 is 0 Å². The van der Waals surface area contributed by atoms with E-state index in [1.807, 2.05) is 0 Å². The first kappa shape index (κ1) is 15.6. The molecule has 0 aromatic heterocycles. The molecule has 4 N–H and O–H groups in total. The van der Waals surface area contributed by atoms with Crippen molar-refractivity contribution in [2.24, 2.45) is 5.73 Å². The Morgan fingerprint density at radius 3 is 2.24 bits per heavy atom. The number of hydrogen-bond acceptors (Lipinski definition) is 5. The number of benzene rings is 1. The van der Waals surface area contributed by atoms with Gasteiger partial charge in [-0.1, -0.05) is 6.92 Å². The topological polar surface area (TPSA) is 90.0 Å². The summed E-state index contributed by atoms with van der Waals surface area (Å²) in [5.41, 5.74) is 6.07. The molecule has 1 atom stereocenters. The predicted octanol–water partition coefficient (Wildman–Crippen LogP) is 0.593. The molecule has 0 radical (unpaired) electrons. The third-order valence-electron chi connectivity index (χ3n) is 4.01. The van der Waals surface area contributed by atoms with Crippen molar-refractivity contribution in [2.45, 2.75) is 19.4 Å². The van der Waals surface area contributed by atoms with Crippen LogP contribution in [-0.2, 0) is 0 Å². The van der Waals surface area contributed by atoms with Gasteiger partial charge in [-0.15, -0.1) is 0 Å². The number of phenols is 2. The summed E-state index contributed by atoms with van der Waals surface area (Å²) in [5, 5.41) is 18.9. The van der Waals surface area contributed by atoms with Crippen LogP contribution in [0, 0.1) is 0 Å². The summed E-state index contributed by atoms with van der Waals surface area (Å²) in [4.78, 5) is 16.4. The Balaban J connectivity index is 2.00. The van der Waals surface area contributed by atoms with Crippen LogP contribution in [0.1, 0.15) is 23.7 Å². The lowest BCUT2D eigenvalue weighted by atomic mass is 10.1. The number of carbonyl (C=O) groups is 1. The number of nitrogens with two attached hydrogens (primary N) is 1. The number of carbonyl (C=O) groups excluding carboxylic acids is 1. The van der Waals surface area contributed by atoms with Gasteiger partial charge in [0, 0.05) is 50.4 Å². The zero-order valence-electron chi connectivity index (χ0n) is 12.3. The van der Waals surface area contributed by atoms with Crippen LogP contribution in [0.3, 0.4) is 0 Å². The zero-order chi connectivity index (χ0) is 15.4. The SMILES string of the molecule is CCC(CN)N1CCN(C(=O)c2cc(O)cc(O)c2)CC1. The molecule has 1 fully saturated rings. The molecule has 1 amide bonds. The second-order valence-corrected chi connectivity index (χ2v) is 5.36. The van der Waals surface area contributed by atoms with Crippen molar-refractivity contribution >= 4 is 5.91 Å². The molecule has 0 bridgehead atoms. The van der Waals surface area contributed by atoms with E-state index in [0.717, 1.165) is 19.5 Å². The Morgan fingerprint density at radius 2 is 1.76 bits per heavy atom. The number of amides is 1. The van der Waals surface area contributed by atoms with E-state index in [4.69, 9.17) is 5.73 Å². The molecular formula is C15H23N3O3. The van der Waals surface area contributed by atoms with Crippen molar-refractivity contribution in [1.29, 1.82) is 0 Å². The first-order valence-corrected chi connectivity index (χ1v) is 7.31. The van der Waals surface area contributed by atoms with Gasteiger partial charge in [-0.05, 0) is 18.6 Å². The molecule has 116 valence electrons. The lowest BCUT2D eigenvalue weighted by Crippen LogP contribution is -2.53. The summed E-state index contributed by atoms with van der Waals surface area (Å²) in [5.74, 6) is -0.376. The summed E-state index contributed by atoms with van der Waals surface area (Å²) in [6.45, 7) is 5.60. The number of nitrogens with zero attached hydrogens (tertiary/aromatic N) is 2. The average molecular weight is 293 g/mol. The highest BCUT2D eigenvalue weighted by Crippen LogP contribution is 2.22. The van der Waals surface area contributed by atoms with Crippen LogP contribution in [0.2, 0.25) is 0 Å². The summed E-state index contributed by atoms with van der Waals surface area (Å²) in [7, 11) is 0. The van der Waals surface area contributed by atoms with E-state index in [-0.39, 0.29) is 17.4 Å². The Hall–Kier alpha value is -1.79. The van der Waals surface area contributed by atoms with Gasteiger partial charge in [0.25, 0.3) is 5.91 Å². The highest BCUT2D eigenvalue weighted by Gasteiger charge is 2.25. The standard InChI is InChI=1S/C15H23N3O3/c1-2-12(10-16)17-3-5-18(6-4-17)15(21)11-7-13(19)9-14(20)8-11/h7-9,12,19-20H,2-6,10,16H2,1H3. The first-order valence-electron chi connectivity index (χ1n) is 7.31. The van der Waals surface area contributed by atoms with E-state index < -0.39 is 0 Å². The van der Waals surface area contributed by atoms with Crippen LogP contribution in [-0.4, -0.2) is 64.7 Å². The van der Waals surface area contributed by atoms with E-state index in [2.05, 4.69) is 11.8 Å². The number of rotatable bonds is 4.